The van der Waals surface area contributed by atoms with Gasteiger partial charge in [0.25, 0.3) is 22.0 Å². The molecule has 4 N–H and O–H groups in total. The van der Waals surface area contributed by atoms with Crippen LogP contribution < -0.4 is 24.6 Å². The number of nitrogens with zero attached hydrogens (tertiary/aromatic N) is 4. The quantitative estimate of drug-likeness (QED) is 0.299. The van der Waals surface area contributed by atoms with Crippen molar-refractivity contribution >= 4 is 39.3 Å². The van der Waals surface area contributed by atoms with E-state index in [0.717, 1.165) is 0 Å². The van der Waals surface area contributed by atoms with Gasteiger partial charge in [0.1, 0.15) is 5.82 Å². The molecule has 1 aliphatic carbocycles. The minimum Gasteiger partial charge on any atom is -0.395 e. The first-order valence-electron chi connectivity index (χ1n) is 13.7. The summed E-state index contributed by atoms with van der Waals surface area (Å²) in [4.78, 5) is 25.7. The molecule has 16 heteroatoms. The average Bonchev–Trinajstić information content (AvgIpc) is 3.67. The van der Waals surface area contributed by atoms with Crippen LogP contribution in [-0.4, -0.2) is 81.1 Å². The Hall–Kier alpha value is -3.24. The zero-order valence-corrected chi connectivity index (χ0v) is 23.7. The van der Waals surface area contributed by atoms with Crippen LogP contribution in [0.15, 0.2) is 24.3 Å². The molecule has 0 unspecified atom stereocenters. The third-order valence-electron chi connectivity index (χ3n) is 8.10. The summed E-state index contributed by atoms with van der Waals surface area (Å²) in [6.07, 6.45) is -2.49. The van der Waals surface area contributed by atoms with Crippen molar-refractivity contribution < 1.29 is 35.9 Å². The number of aliphatic hydroxyl groups excluding tert-OH is 1. The maximum atomic E-state index is 13.7. The van der Waals surface area contributed by atoms with Crippen LogP contribution in [0, 0.1) is 18.3 Å². The number of alkyl halides is 4. The van der Waals surface area contributed by atoms with E-state index in [1.54, 1.807) is 16.7 Å². The van der Waals surface area contributed by atoms with E-state index >= 15 is 0 Å². The number of amides is 1. The molecular formula is C26H33F4N7O4S. The molecule has 2 aliphatic heterocycles. The Bertz CT molecular complexity index is 1440. The van der Waals surface area contributed by atoms with Crippen LogP contribution in [0.2, 0.25) is 0 Å². The Kier molecular flexibility index (Phi) is 8.24. The molecule has 2 atom stereocenters. The number of aromatic nitrogens is 2. The van der Waals surface area contributed by atoms with Gasteiger partial charge in [-0.2, -0.15) is 18.1 Å². The summed E-state index contributed by atoms with van der Waals surface area (Å²) >= 11 is 0. The van der Waals surface area contributed by atoms with Gasteiger partial charge < -0.3 is 20.2 Å². The zero-order chi connectivity index (χ0) is 30.3. The summed E-state index contributed by atoms with van der Waals surface area (Å²) in [7, 11) is -4.02. The Labute approximate surface area is 240 Å². The summed E-state index contributed by atoms with van der Waals surface area (Å²) in [6.45, 7) is 1.74. The summed E-state index contributed by atoms with van der Waals surface area (Å²) in [5.74, 6) is -3.20. The molecule has 3 heterocycles. The fourth-order valence-electron chi connectivity index (χ4n) is 5.64. The van der Waals surface area contributed by atoms with Crippen molar-refractivity contribution in [3.8, 4) is 0 Å². The third kappa shape index (κ3) is 6.54. The van der Waals surface area contributed by atoms with E-state index in [-0.39, 0.29) is 80.9 Å². The van der Waals surface area contributed by atoms with Crippen molar-refractivity contribution in [2.24, 2.45) is 11.3 Å². The fraction of sp³-hybridized carbons (Fsp3) is 0.577. The summed E-state index contributed by atoms with van der Waals surface area (Å²) < 4.78 is 83.9. The first kappa shape index (κ1) is 30.2. The van der Waals surface area contributed by atoms with Gasteiger partial charge in [0.2, 0.25) is 12.4 Å². The lowest BCUT2D eigenvalue weighted by Crippen LogP contribution is -2.40. The van der Waals surface area contributed by atoms with Crippen molar-refractivity contribution in [3.05, 3.63) is 35.5 Å². The second-order valence-corrected chi connectivity index (χ2v) is 12.6. The standard InChI is InChI=1S/C26H33F4N7O4S/c1-16-12-21(34-24(32-16)36-9-5-26(29,30)6-10-36)33-22(39)19-3-2-18(35-42(40,41)31-7-11-38)13-20(19)37-8-4-25(23(27)28)14-17(25)15-37/h2-3,12-13,17,23,31,35,38H,4-11,14-15H2,1H3,(H,32,33,34,39)/t17-,25+/m1/s1. The number of rotatable bonds is 10. The van der Waals surface area contributed by atoms with E-state index in [1.165, 1.54) is 24.3 Å². The maximum Gasteiger partial charge on any atom is 0.299 e. The molecule has 1 amide bonds. The van der Waals surface area contributed by atoms with Crippen LogP contribution in [0.25, 0.3) is 0 Å². The van der Waals surface area contributed by atoms with Crippen molar-refractivity contribution in [2.45, 2.75) is 45.0 Å². The Morgan fingerprint density at radius 2 is 1.83 bits per heavy atom. The number of carbonyl (C=O) groups is 1. The van der Waals surface area contributed by atoms with Gasteiger partial charge in [0.15, 0.2) is 0 Å². The van der Waals surface area contributed by atoms with Gasteiger partial charge in [-0.25, -0.2) is 22.5 Å². The van der Waals surface area contributed by atoms with E-state index in [1.807, 2.05) is 0 Å². The summed E-state index contributed by atoms with van der Waals surface area (Å²) in [5, 5.41) is 11.7. The van der Waals surface area contributed by atoms with E-state index in [9.17, 15) is 30.8 Å². The largest absolute Gasteiger partial charge is 0.395 e. The van der Waals surface area contributed by atoms with E-state index in [2.05, 4.69) is 24.7 Å². The Balaban J connectivity index is 1.40. The first-order valence-corrected chi connectivity index (χ1v) is 15.1. The number of aryl methyl sites for hydroxylation is 1. The second kappa shape index (κ2) is 11.4. The number of aliphatic hydroxyl groups is 1. The van der Waals surface area contributed by atoms with Gasteiger partial charge in [0, 0.05) is 62.7 Å². The normalized spacial score (nSPS) is 23.5. The van der Waals surface area contributed by atoms with Crippen LogP contribution >= 0.6 is 0 Å². The van der Waals surface area contributed by atoms with E-state index < -0.39 is 40.5 Å². The van der Waals surface area contributed by atoms with Gasteiger partial charge in [-0.3, -0.25) is 9.52 Å². The van der Waals surface area contributed by atoms with Crippen molar-refractivity contribution in [1.82, 2.24) is 14.7 Å². The lowest BCUT2D eigenvalue weighted by Gasteiger charge is -2.34. The maximum absolute atomic E-state index is 13.7. The molecule has 0 radical (unpaired) electrons. The first-order chi connectivity index (χ1) is 19.8. The topological polar surface area (TPSA) is 140 Å². The molecule has 230 valence electrons. The molecule has 1 aromatic heterocycles. The fourth-order valence-corrected chi connectivity index (χ4v) is 6.51. The minimum absolute atomic E-state index is 0.0642. The van der Waals surface area contributed by atoms with Crippen LogP contribution in [0.4, 0.5) is 40.7 Å². The SMILES string of the molecule is Cc1cc(NC(=O)c2ccc(NS(=O)(=O)NCCO)cc2N2CC[C@]3(C(F)F)C[C@@H]3C2)nc(N2CCC(F)(F)CC2)n1. The monoisotopic (exact) mass is 615 g/mol. The molecule has 5 rings (SSSR count). The van der Waals surface area contributed by atoms with Gasteiger partial charge in [-0.05, 0) is 43.9 Å². The van der Waals surface area contributed by atoms with E-state index in [4.69, 9.17) is 5.11 Å². The average molecular weight is 616 g/mol. The predicted octanol–water partition coefficient (Wildman–Crippen LogP) is 2.99. The highest BCUT2D eigenvalue weighted by Gasteiger charge is 2.62. The van der Waals surface area contributed by atoms with Crippen LogP contribution in [-0.2, 0) is 10.2 Å². The lowest BCUT2D eigenvalue weighted by atomic mass is 9.95. The van der Waals surface area contributed by atoms with Crippen molar-refractivity contribution in [3.63, 3.8) is 0 Å². The van der Waals surface area contributed by atoms with Crippen molar-refractivity contribution in [2.75, 3.05) is 59.2 Å². The predicted molar refractivity (Wildman–Crippen MR) is 149 cm³/mol. The Morgan fingerprint density at radius 3 is 2.50 bits per heavy atom. The number of fused-ring (bicyclic) bond motifs is 1. The minimum atomic E-state index is -4.02. The summed E-state index contributed by atoms with van der Waals surface area (Å²) in [6, 6.07) is 5.83. The molecule has 1 saturated carbocycles. The zero-order valence-electron chi connectivity index (χ0n) is 22.9. The van der Waals surface area contributed by atoms with Crippen LogP contribution in [0.1, 0.15) is 41.7 Å². The smallest absolute Gasteiger partial charge is 0.299 e. The molecule has 3 aliphatic rings. The van der Waals surface area contributed by atoms with Crippen LogP contribution in [0.3, 0.4) is 0 Å². The number of hydrogen-bond acceptors (Lipinski definition) is 8. The lowest BCUT2D eigenvalue weighted by molar-refractivity contribution is -0.0222. The number of halogens is 4. The molecule has 3 fully saturated rings. The van der Waals surface area contributed by atoms with Gasteiger partial charge in [0.05, 0.1) is 23.5 Å². The number of carbonyl (C=O) groups excluding carboxylic acids is 1. The van der Waals surface area contributed by atoms with Crippen LogP contribution in [0.5, 0.6) is 0 Å². The molecule has 1 aromatic carbocycles. The Morgan fingerprint density at radius 1 is 1.12 bits per heavy atom. The molecule has 0 spiro atoms. The summed E-state index contributed by atoms with van der Waals surface area (Å²) in [5.41, 5.74) is 0.159. The van der Waals surface area contributed by atoms with Crippen molar-refractivity contribution in [1.29, 1.82) is 0 Å². The molecule has 42 heavy (non-hydrogen) atoms. The number of piperidine rings is 2. The number of nitrogens with one attached hydrogen (secondary N) is 3. The molecule has 2 saturated heterocycles. The molecule has 0 bridgehead atoms. The second-order valence-electron chi connectivity index (χ2n) is 11.1. The van der Waals surface area contributed by atoms with Gasteiger partial charge >= 0.3 is 0 Å². The molecular weight excluding hydrogens is 582 g/mol. The number of hydrogen-bond donors (Lipinski definition) is 4. The highest BCUT2D eigenvalue weighted by molar-refractivity contribution is 7.90. The van der Waals surface area contributed by atoms with E-state index in [0.29, 0.717) is 17.8 Å². The highest BCUT2D eigenvalue weighted by atomic mass is 32.2. The third-order valence-corrected chi connectivity index (χ3v) is 9.19. The molecule has 2 aromatic rings. The number of anilines is 4. The van der Waals surface area contributed by atoms with Gasteiger partial charge in [-0.1, -0.05) is 0 Å². The number of benzene rings is 1. The molecule has 11 nitrogen and oxygen atoms in total. The highest BCUT2D eigenvalue weighted by Crippen LogP contribution is 2.61. The van der Waals surface area contributed by atoms with Gasteiger partial charge in [-0.15, -0.1) is 0 Å².